The first-order chi connectivity index (χ1) is 6.84. The van der Waals surface area contributed by atoms with Crippen LogP contribution in [0.5, 0.6) is 0 Å². The van der Waals surface area contributed by atoms with Crippen molar-refractivity contribution >= 4 is 16.9 Å². The van der Waals surface area contributed by atoms with Crippen molar-refractivity contribution in [3.63, 3.8) is 0 Å². The highest BCUT2D eigenvalue weighted by Crippen LogP contribution is 2.04. The minimum absolute atomic E-state index is 0.446. The lowest BCUT2D eigenvalue weighted by atomic mass is 10.2. The van der Waals surface area contributed by atoms with Gasteiger partial charge < -0.3 is 0 Å². The Hall–Kier alpha value is -2.10. The molecule has 1 aromatic heterocycles. The van der Waals surface area contributed by atoms with E-state index in [2.05, 4.69) is 15.0 Å². The summed E-state index contributed by atoms with van der Waals surface area (Å²) in [6.45, 7) is 0. The molecule has 0 atom stereocenters. The lowest BCUT2D eigenvalue weighted by Gasteiger charge is -1.92. The Morgan fingerprint density at radius 3 is 2.86 bits per heavy atom. The molecule has 1 aromatic carbocycles. The normalized spacial score (nSPS) is 13.6. The zero-order valence-corrected chi connectivity index (χ0v) is 7.14. The predicted molar refractivity (Wildman–Crippen MR) is 49.5 cm³/mol. The molecular weight excluding hydrogens is 178 g/mol. The van der Waals surface area contributed by atoms with Gasteiger partial charge in [0.25, 0.3) is 0 Å². The molecule has 2 aromatic rings. The van der Waals surface area contributed by atoms with E-state index in [1.54, 1.807) is 6.20 Å². The smallest absolute Gasteiger partial charge is 0.254 e. The fourth-order valence-corrected chi connectivity index (χ4v) is 1.54. The van der Waals surface area contributed by atoms with Gasteiger partial charge >= 0.3 is 6.03 Å². The van der Waals surface area contributed by atoms with E-state index >= 15 is 0 Å². The Morgan fingerprint density at radius 1 is 1.07 bits per heavy atom. The molecule has 0 bridgehead atoms. The molecule has 2 heterocycles. The van der Waals surface area contributed by atoms with Crippen LogP contribution in [-0.4, -0.2) is 11.0 Å². The number of nitrogens with zero attached hydrogens (tertiary/aromatic N) is 3. The van der Waals surface area contributed by atoms with Gasteiger partial charge in [0.2, 0.25) is 0 Å². The quantitative estimate of drug-likeness (QED) is 0.600. The van der Waals surface area contributed by atoms with Crippen molar-refractivity contribution in [3.05, 3.63) is 41.2 Å². The number of carbonyl (C=O) groups is 1. The van der Waals surface area contributed by atoms with Gasteiger partial charge in [0.1, 0.15) is 10.7 Å². The summed E-state index contributed by atoms with van der Waals surface area (Å²) in [4.78, 5) is 22.7. The molecule has 1 aliphatic rings. The summed E-state index contributed by atoms with van der Waals surface area (Å²) < 4.78 is 0. The fraction of sp³-hybridized carbons (Fsp3) is 0. The Balaban J connectivity index is 2.65. The first-order valence-electron chi connectivity index (χ1n) is 4.20. The van der Waals surface area contributed by atoms with E-state index in [4.69, 9.17) is 0 Å². The maximum Gasteiger partial charge on any atom is 0.368 e. The summed E-state index contributed by atoms with van der Waals surface area (Å²) in [5, 5.41) is 2.08. The maximum absolute atomic E-state index is 11.0. The summed E-state index contributed by atoms with van der Waals surface area (Å²) in [7, 11) is 0. The molecule has 0 unspecified atom stereocenters. The Kier molecular flexibility index (Phi) is 1.28. The molecular formula is C10H5N3O. The zero-order valence-electron chi connectivity index (χ0n) is 7.14. The van der Waals surface area contributed by atoms with Gasteiger partial charge in [0, 0.05) is 5.39 Å². The maximum atomic E-state index is 11.0. The second kappa shape index (κ2) is 2.45. The summed E-state index contributed by atoms with van der Waals surface area (Å²) in [5.74, 6) is 0. The summed E-state index contributed by atoms with van der Waals surface area (Å²) in [6.07, 6.45) is 1.58. The summed E-state index contributed by atoms with van der Waals surface area (Å²) >= 11 is 0. The molecule has 0 saturated carbocycles. The molecule has 0 radical (unpaired) electrons. The summed E-state index contributed by atoms with van der Waals surface area (Å²) in [6, 6.07) is 7.11. The SMILES string of the molecule is O=C1N=c2cnc3ccccc3c2=N1. The Bertz CT molecular complexity index is 661. The first kappa shape index (κ1) is 7.32. The number of aromatic nitrogens is 1. The zero-order chi connectivity index (χ0) is 9.54. The number of para-hydroxylation sites is 1. The van der Waals surface area contributed by atoms with Crippen LogP contribution in [0, 0.1) is 0 Å². The third-order valence-corrected chi connectivity index (χ3v) is 2.15. The van der Waals surface area contributed by atoms with Gasteiger partial charge in [0.15, 0.2) is 0 Å². The number of fused-ring (bicyclic) bond motifs is 3. The highest BCUT2D eigenvalue weighted by atomic mass is 16.2. The second-order valence-electron chi connectivity index (χ2n) is 3.02. The number of rotatable bonds is 0. The van der Waals surface area contributed by atoms with Crippen LogP contribution in [0.1, 0.15) is 0 Å². The molecule has 0 aliphatic carbocycles. The van der Waals surface area contributed by atoms with Crippen LogP contribution in [0.15, 0.2) is 40.4 Å². The van der Waals surface area contributed by atoms with E-state index in [0.717, 1.165) is 10.9 Å². The van der Waals surface area contributed by atoms with E-state index in [-0.39, 0.29) is 0 Å². The van der Waals surface area contributed by atoms with E-state index in [1.165, 1.54) is 0 Å². The van der Waals surface area contributed by atoms with Gasteiger partial charge in [-0.25, -0.2) is 4.79 Å². The van der Waals surface area contributed by atoms with Crippen molar-refractivity contribution in [3.8, 4) is 0 Å². The number of amides is 2. The largest absolute Gasteiger partial charge is 0.368 e. The van der Waals surface area contributed by atoms with Crippen LogP contribution in [0.2, 0.25) is 0 Å². The van der Waals surface area contributed by atoms with Crippen molar-refractivity contribution in [2.24, 2.45) is 9.98 Å². The molecule has 66 valence electrons. The predicted octanol–water partition coefficient (Wildman–Crippen LogP) is 0.608. The van der Waals surface area contributed by atoms with E-state index in [9.17, 15) is 4.79 Å². The number of hydrogen-bond donors (Lipinski definition) is 0. The molecule has 3 rings (SSSR count). The first-order valence-corrected chi connectivity index (χ1v) is 4.20. The second-order valence-corrected chi connectivity index (χ2v) is 3.02. The van der Waals surface area contributed by atoms with E-state index in [1.807, 2.05) is 24.3 Å². The van der Waals surface area contributed by atoms with Gasteiger partial charge in [0.05, 0.1) is 11.7 Å². The number of hydrogen-bond acceptors (Lipinski definition) is 2. The van der Waals surface area contributed by atoms with E-state index < -0.39 is 6.03 Å². The standard InChI is InChI=1S/C10H5N3O/c14-10-12-8-5-11-7-4-2-1-3-6(7)9(8)13-10/h1-5H. The molecule has 14 heavy (non-hydrogen) atoms. The van der Waals surface area contributed by atoms with Crippen LogP contribution in [-0.2, 0) is 0 Å². The van der Waals surface area contributed by atoms with Crippen molar-refractivity contribution in [1.29, 1.82) is 0 Å². The monoisotopic (exact) mass is 183 g/mol. The average molecular weight is 183 g/mol. The van der Waals surface area contributed by atoms with Crippen LogP contribution in [0.25, 0.3) is 10.9 Å². The minimum atomic E-state index is -0.446. The fourth-order valence-electron chi connectivity index (χ4n) is 1.54. The average Bonchev–Trinajstić information content (AvgIpc) is 2.59. The molecule has 2 amide bonds. The van der Waals surface area contributed by atoms with Crippen LogP contribution in [0.4, 0.5) is 4.79 Å². The number of urea groups is 1. The topological polar surface area (TPSA) is 54.7 Å². The lowest BCUT2D eigenvalue weighted by molar-refractivity contribution is 0.257. The molecule has 0 spiro atoms. The minimum Gasteiger partial charge on any atom is -0.254 e. The Morgan fingerprint density at radius 2 is 1.93 bits per heavy atom. The van der Waals surface area contributed by atoms with Crippen molar-refractivity contribution in [1.82, 2.24) is 4.98 Å². The molecule has 0 saturated heterocycles. The number of pyridine rings is 1. The Labute approximate surface area is 78.6 Å². The molecule has 0 fully saturated rings. The van der Waals surface area contributed by atoms with Crippen molar-refractivity contribution in [2.45, 2.75) is 0 Å². The lowest BCUT2D eigenvalue weighted by Crippen LogP contribution is -2.23. The third kappa shape index (κ3) is 0.877. The van der Waals surface area contributed by atoms with Gasteiger partial charge in [-0.2, -0.15) is 9.98 Å². The van der Waals surface area contributed by atoms with Gasteiger partial charge in [-0.3, -0.25) is 4.98 Å². The molecule has 1 aliphatic heterocycles. The summed E-state index contributed by atoms with van der Waals surface area (Å²) in [5.41, 5.74) is 0.833. The number of carbonyl (C=O) groups excluding carboxylic acids is 1. The van der Waals surface area contributed by atoms with Crippen LogP contribution in [0.3, 0.4) is 0 Å². The highest BCUT2D eigenvalue weighted by Gasteiger charge is 2.07. The van der Waals surface area contributed by atoms with Crippen LogP contribution >= 0.6 is 0 Å². The number of benzene rings is 1. The third-order valence-electron chi connectivity index (χ3n) is 2.15. The van der Waals surface area contributed by atoms with Crippen molar-refractivity contribution in [2.75, 3.05) is 0 Å². The highest BCUT2D eigenvalue weighted by molar-refractivity contribution is 5.83. The van der Waals surface area contributed by atoms with Gasteiger partial charge in [-0.05, 0) is 6.07 Å². The van der Waals surface area contributed by atoms with Crippen molar-refractivity contribution < 1.29 is 4.79 Å². The van der Waals surface area contributed by atoms with Gasteiger partial charge in [-0.15, -0.1) is 0 Å². The molecule has 4 nitrogen and oxygen atoms in total. The van der Waals surface area contributed by atoms with Crippen LogP contribution < -0.4 is 10.7 Å². The van der Waals surface area contributed by atoms with E-state index in [0.29, 0.717) is 10.7 Å². The molecule has 4 heteroatoms. The molecule has 0 N–H and O–H groups in total. The van der Waals surface area contributed by atoms with Gasteiger partial charge in [-0.1, -0.05) is 18.2 Å².